The largest absolute Gasteiger partial charge is 0.502 e. The van der Waals surface area contributed by atoms with Crippen molar-refractivity contribution in [3.8, 4) is 5.75 Å². The number of nitro groups is 1. The molecule has 0 aliphatic rings. The molecule has 0 fully saturated rings. The molecule has 0 amide bonds. The Hall–Kier alpha value is -1.77. The van der Waals surface area contributed by atoms with Gasteiger partial charge >= 0.3 is 5.69 Å². The zero-order valence-electron chi connectivity index (χ0n) is 9.50. The summed E-state index contributed by atoms with van der Waals surface area (Å²) in [6.07, 6.45) is -2.96. The first-order chi connectivity index (χ1) is 8.38. The van der Waals surface area contributed by atoms with Crippen molar-refractivity contribution in [2.45, 2.75) is 12.2 Å². The summed E-state index contributed by atoms with van der Waals surface area (Å²) in [5, 5.41) is 41.9. The molecule has 8 heteroatoms. The van der Waals surface area contributed by atoms with Gasteiger partial charge in [-0.25, -0.2) is 4.39 Å². The standard InChI is InChI=1S/C10H13FN2O5/c1-12-4-8(14)10(16)6-2-5(11)3-7(9(6)15)13(17)18/h2-3,8,10,12,14-16H,4H2,1H3. The van der Waals surface area contributed by atoms with E-state index in [1.165, 1.54) is 7.05 Å². The van der Waals surface area contributed by atoms with Gasteiger partial charge in [0, 0.05) is 12.1 Å². The summed E-state index contributed by atoms with van der Waals surface area (Å²) in [6, 6.07) is 1.28. The van der Waals surface area contributed by atoms with Crippen molar-refractivity contribution in [3.05, 3.63) is 33.6 Å². The third-order valence-electron chi connectivity index (χ3n) is 2.38. The maximum Gasteiger partial charge on any atom is 0.314 e. The molecule has 0 saturated carbocycles. The molecule has 2 atom stereocenters. The van der Waals surface area contributed by atoms with E-state index in [9.17, 15) is 29.8 Å². The van der Waals surface area contributed by atoms with Crippen LogP contribution in [0.25, 0.3) is 0 Å². The van der Waals surface area contributed by atoms with E-state index in [0.29, 0.717) is 6.07 Å². The normalized spacial score (nSPS) is 14.2. The van der Waals surface area contributed by atoms with E-state index in [4.69, 9.17) is 0 Å². The highest BCUT2D eigenvalue weighted by atomic mass is 19.1. The number of halogens is 1. The summed E-state index contributed by atoms with van der Waals surface area (Å²) in [6.45, 7) is -0.0229. The molecule has 0 aliphatic carbocycles. The first-order valence-electron chi connectivity index (χ1n) is 5.06. The van der Waals surface area contributed by atoms with Crippen molar-refractivity contribution in [1.82, 2.24) is 5.32 Å². The molecule has 100 valence electrons. The number of benzene rings is 1. The minimum Gasteiger partial charge on any atom is -0.502 e. The number of nitrogens with one attached hydrogen (secondary N) is 1. The molecule has 0 saturated heterocycles. The van der Waals surface area contributed by atoms with E-state index in [0.717, 1.165) is 6.07 Å². The van der Waals surface area contributed by atoms with Crippen LogP contribution < -0.4 is 5.32 Å². The van der Waals surface area contributed by atoms with Gasteiger partial charge in [-0.2, -0.15) is 0 Å². The van der Waals surface area contributed by atoms with E-state index in [-0.39, 0.29) is 6.54 Å². The Bertz CT molecular complexity index is 454. The van der Waals surface area contributed by atoms with E-state index < -0.39 is 39.9 Å². The summed E-state index contributed by atoms with van der Waals surface area (Å²) in [5.74, 6) is -1.84. The first-order valence-corrected chi connectivity index (χ1v) is 5.06. The summed E-state index contributed by atoms with van der Waals surface area (Å²) in [7, 11) is 1.52. The number of phenolic OH excluding ortho intramolecular Hbond substituents is 1. The Morgan fingerprint density at radius 1 is 1.50 bits per heavy atom. The lowest BCUT2D eigenvalue weighted by molar-refractivity contribution is -0.386. The maximum absolute atomic E-state index is 13.2. The highest BCUT2D eigenvalue weighted by Gasteiger charge is 2.27. The van der Waals surface area contributed by atoms with Gasteiger partial charge in [-0.05, 0) is 13.1 Å². The quantitative estimate of drug-likeness (QED) is 0.439. The summed E-state index contributed by atoms with van der Waals surface area (Å²) in [5.41, 5.74) is -1.29. The molecule has 0 radical (unpaired) electrons. The van der Waals surface area contributed by atoms with Crippen molar-refractivity contribution in [2.24, 2.45) is 0 Å². The number of aliphatic hydroxyl groups is 2. The molecule has 1 aromatic carbocycles. The molecule has 1 aromatic rings. The maximum atomic E-state index is 13.2. The number of rotatable bonds is 5. The lowest BCUT2D eigenvalue weighted by Gasteiger charge is -2.18. The Morgan fingerprint density at radius 2 is 2.11 bits per heavy atom. The highest BCUT2D eigenvalue weighted by Crippen LogP contribution is 2.35. The molecule has 18 heavy (non-hydrogen) atoms. The fraction of sp³-hybridized carbons (Fsp3) is 0.400. The molecular weight excluding hydrogens is 247 g/mol. The Labute approximate surface area is 102 Å². The predicted octanol–water partition coefficient (Wildman–Crippen LogP) is 0.0532. The van der Waals surface area contributed by atoms with Crippen LogP contribution >= 0.6 is 0 Å². The zero-order valence-corrected chi connectivity index (χ0v) is 9.50. The van der Waals surface area contributed by atoms with E-state index in [2.05, 4.69) is 5.32 Å². The van der Waals surface area contributed by atoms with Crippen molar-refractivity contribution in [1.29, 1.82) is 0 Å². The van der Waals surface area contributed by atoms with Crippen LogP contribution in [0.5, 0.6) is 5.75 Å². The van der Waals surface area contributed by atoms with Crippen LogP contribution in [0.4, 0.5) is 10.1 Å². The van der Waals surface area contributed by atoms with E-state index in [1.807, 2.05) is 0 Å². The number of aliphatic hydroxyl groups excluding tert-OH is 2. The van der Waals surface area contributed by atoms with Crippen LogP contribution in [-0.2, 0) is 0 Å². The third kappa shape index (κ3) is 2.92. The topological polar surface area (TPSA) is 116 Å². The number of hydrogen-bond donors (Lipinski definition) is 4. The molecular formula is C10H13FN2O5. The minimum absolute atomic E-state index is 0.0229. The second-order valence-electron chi connectivity index (χ2n) is 3.69. The van der Waals surface area contributed by atoms with Crippen LogP contribution in [0.1, 0.15) is 11.7 Å². The van der Waals surface area contributed by atoms with Crippen LogP contribution in [0.3, 0.4) is 0 Å². The van der Waals surface area contributed by atoms with Gasteiger partial charge < -0.3 is 20.6 Å². The average molecular weight is 260 g/mol. The van der Waals surface area contributed by atoms with Crippen LogP contribution in [0, 0.1) is 15.9 Å². The number of nitro benzene ring substituents is 1. The monoisotopic (exact) mass is 260 g/mol. The fourth-order valence-corrected chi connectivity index (χ4v) is 1.50. The number of nitrogens with zero attached hydrogens (tertiary/aromatic N) is 1. The molecule has 4 N–H and O–H groups in total. The molecule has 0 aliphatic heterocycles. The lowest BCUT2D eigenvalue weighted by atomic mass is 10.0. The van der Waals surface area contributed by atoms with Crippen LogP contribution in [-0.4, -0.2) is 39.9 Å². The van der Waals surface area contributed by atoms with Crippen molar-refractivity contribution in [3.63, 3.8) is 0 Å². The first kappa shape index (κ1) is 14.3. The van der Waals surface area contributed by atoms with Crippen molar-refractivity contribution < 1.29 is 24.6 Å². The summed E-state index contributed by atoms with van der Waals surface area (Å²) >= 11 is 0. The summed E-state index contributed by atoms with van der Waals surface area (Å²) < 4.78 is 13.2. The molecule has 2 unspecified atom stereocenters. The Kier molecular flexibility index (Phi) is 4.54. The molecule has 0 bridgehead atoms. The molecule has 0 heterocycles. The predicted molar refractivity (Wildman–Crippen MR) is 59.6 cm³/mol. The lowest BCUT2D eigenvalue weighted by Crippen LogP contribution is -2.29. The third-order valence-corrected chi connectivity index (χ3v) is 2.38. The number of aromatic hydroxyl groups is 1. The van der Waals surface area contributed by atoms with Gasteiger partial charge in [0.25, 0.3) is 0 Å². The SMILES string of the molecule is CNCC(O)C(O)c1cc(F)cc([N+](=O)[O-])c1O. The van der Waals surface area contributed by atoms with Gasteiger partial charge in [0.15, 0.2) is 0 Å². The fourth-order valence-electron chi connectivity index (χ4n) is 1.50. The van der Waals surface area contributed by atoms with Gasteiger partial charge in [0.2, 0.25) is 5.75 Å². The van der Waals surface area contributed by atoms with Gasteiger partial charge in [0.1, 0.15) is 11.9 Å². The zero-order chi connectivity index (χ0) is 13.9. The van der Waals surface area contributed by atoms with Gasteiger partial charge in [-0.3, -0.25) is 10.1 Å². The smallest absolute Gasteiger partial charge is 0.314 e. The molecule has 0 aromatic heterocycles. The van der Waals surface area contributed by atoms with E-state index in [1.54, 1.807) is 0 Å². The second-order valence-corrected chi connectivity index (χ2v) is 3.69. The average Bonchev–Trinajstić information content (AvgIpc) is 2.30. The van der Waals surface area contributed by atoms with Gasteiger partial charge in [-0.1, -0.05) is 0 Å². The number of likely N-dealkylation sites (N-methyl/N-ethyl adjacent to an activating group) is 1. The van der Waals surface area contributed by atoms with Crippen LogP contribution in [0.2, 0.25) is 0 Å². The summed E-state index contributed by atoms with van der Waals surface area (Å²) in [4.78, 5) is 9.59. The van der Waals surface area contributed by atoms with Crippen molar-refractivity contribution >= 4 is 5.69 Å². The number of phenols is 1. The second kappa shape index (κ2) is 5.71. The van der Waals surface area contributed by atoms with E-state index >= 15 is 0 Å². The Balaban J connectivity index is 3.19. The minimum atomic E-state index is -1.63. The van der Waals surface area contributed by atoms with Crippen molar-refractivity contribution in [2.75, 3.05) is 13.6 Å². The number of hydrogen-bond acceptors (Lipinski definition) is 6. The van der Waals surface area contributed by atoms with Crippen LogP contribution in [0.15, 0.2) is 12.1 Å². The van der Waals surface area contributed by atoms with Gasteiger partial charge in [-0.15, -0.1) is 0 Å². The molecule has 0 spiro atoms. The highest BCUT2D eigenvalue weighted by molar-refractivity contribution is 5.52. The molecule has 7 nitrogen and oxygen atoms in total. The Morgan fingerprint density at radius 3 is 2.61 bits per heavy atom. The van der Waals surface area contributed by atoms with Gasteiger partial charge in [0.05, 0.1) is 17.1 Å². The molecule has 1 rings (SSSR count).